The van der Waals surface area contributed by atoms with E-state index in [1.54, 1.807) is 50.6 Å². The molecule has 62 heavy (non-hydrogen) atoms. The zero-order valence-electron chi connectivity index (χ0n) is 33.7. The van der Waals surface area contributed by atoms with E-state index in [2.05, 4.69) is 10.0 Å². The molecule has 0 aliphatic carbocycles. The number of methoxy groups -OCH3 is 4. The summed E-state index contributed by atoms with van der Waals surface area (Å²) in [5.74, 6) is -3.66. The van der Waals surface area contributed by atoms with Crippen molar-refractivity contribution in [2.24, 2.45) is 5.11 Å². The lowest BCUT2D eigenvalue weighted by Crippen LogP contribution is -2.11. The topological polar surface area (TPSA) is 120 Å². The molecule has 0 heterocycles. The molecule has 0 amide bonds. The van der Waals surface area contributed by atoms with Crippen LogP contribution in [0.5, 0.6) is 11.5 Å². The van der Waals surface area contributed by atoms with Crippen molar-refractivity contribution >= 4 is 41.1 Å². The van der Waals surface area contributed by atoms with Gasteiger partial charge < -0.3 is 18.9 Å². The van der Waals surface area contributed by atoms with Gasteiger partial charge in [0.2, 0.25) is 0 Å². The Hall–Kier alpha value is -6.48. The molecule has 0 spiro atoms. The molecule has 9 nitrogen and oxygen atoms in total. The molecule has 0 saturated heterocycles. The summed E-state index contributed by atoms with van der Waals surface area (Å²) in [7, 11) is 5.45. The fraction of sp³-hybridized carbons (Fsp3) is 0.174. The van der Waals surface area contributed by atoms with Crippen molar-refractivity contribution in [1.29, 1.82) is 0 Å². The van der Waals surface area contributed by atoms with E-state index < -0.39 is 41.0 Å². The largest absolute Gasteiger partial charge is 0.497 e. The lowest BCUT2D eigenvalue weighted by atomic mass is 9.98. The molecule has 0 atom stereocenters. The number of ether oxygens (including phenoxy) is 4. The molecule has 0 aliphatic rings. The summed E-state index contributed by atoms with van der Waals surface area (Å²) in [4.78, 5) is 27.6. The standard InChI is InChI=1S/C23H19F3O3S.C23H19F2N3O3S/c1-28-16-9-7-14(8-10-16)13-30-20-12-18(23(27)29-2)17(21(25)22(20)26)11-15-5-3-4-6-19(15)24;1-30-16-9-7-14(8-10-16)13-32-20-12-18(23(29)31-2)17(21(25)22(20)27-28-26)11-15-5-3-4-6-19(15)24/h3-10,12H,11,13H2,1-2H3;3-10,12H,11,13H2,1-2H3. The first-order valence-corrected chi connectivity index (χ1v) is 20.5. The molecule has 0 radical (unpaired) electrons. The van der Waals surface area contributed by atoms with Gasteiger partial charge in [0.15, 0.2) is 11.6 Å². The Morgan fingerprint density at radius 1 is 0.581 bits per heavy atom. The van der Waals surface area contributed by atoms with Gasteiger partial charge in [-0.2, -0.15) is 0 Å². The maximum Gasteiger partial charge on any atom is 0.338 e. The average molecular weight is 888 g/mol. The minimum Gasteiger partial charge on any atom is -0.497 e. The molecule has 0 unspecified atom stereocenters. The van der Waals surface area contributed by atoms with Gasteiger partial charge in [0.25, 0.3) is 0 Å². The number of halogens is 5. The van der Waals surface area contributed by atoms with Crippen molar-refractivity contribution in [3.8, 4) is 11.5 Å². The second-order valence-electron chi connectivity index (χ2n) is 13.1. The molecule has 16 heteroatoms. The molecular weight excluding hydrogens is 850 g/mol. The zero-order chi connectivity index (χ0) is 44.8. The maximum atomic E-state index is 15.5. The highest BCUT2D eigenvalue weighted by atomic mass is 32.2. The highest BCUT2D eigenvalue weighted by molar-refractivity contribution is 7.98. The van der Waals surface area contributed by atoms with Crippen molar-refractivity contribution in [3.05, 3.63) is 193 Å². The molecule has 0 saturated carbocycles. The predicted molar refractivity (Wildman–Crippen MR) is 228 cm³/mol. The van der Waals surface area contributed by atoms with E-state index in [4.69, 9.17) is 24.5 Å². The Labute approximate surface area is 362 Å². The third-order valence-corrected chi connectivity index (χ3v) is 11.5. The molecule has 320 valence electrons. The van der Waals surface area contributed by atoms with Crippen molar-refractivity contribution in [2.75, 3.05) is 28.4 Å². The summed E-state index contributed by atoms with van der Waals surface area (Å²) in [6.07, 6.45) is -0.483. The minimum absolute atomic E-state index is 0.0269. The minimum atomic E-state index is -1.18. The van der Waals surface area contributed by atoms with Crippen molar-refractivity contribution < 1.29 is 50.5 Å². The summed E-state index contributed by atoms with van der Waals surface area (Å²) >= 11 is 2.25. The smallest absolute Gasteiger partial charge is 0.338 e. The predicted octanol–water partition coefficient (Wildman–Crippen LogP) is 12.4. The van der Waals surface area contributed by atoms with E-state index >= 15 is 4.39 Å². The van der Waals surface area contributed by atoms with Gasteiger partial charge >= 0.3 is 11.9 Å². The molecule has 0 bridgehead atoms. The van der Waals surface area contributed by atoms with Gasteiger partial charge in [-0.15, -0.1) is 23.5 Å². The first kappa shape index (κ1) is 46.6. The van der Waals surface area contributed by atoms with Crippen molar-refractivity contribution in [1.82, 2.24) is 0 Å². The first-order chi connectivity index (χ1) is 29.9. The summed E-state index contributed by atoms with van der Waals surface area (Å²) in [6, 6.07) is 28.8. The Balaban J connectivity index is 0.000000235. The fourth-order valence-corrected chi connectivity index (χ4v) is 7.92. The fourth-order valence-electron chi connectivity index (χ4n) is 6.01. The quantitative estimate of drug-likeness (QED) is 0.0250. The summed E-state index contributed by atoms with van der Waals surface area (Å²) in [5, 5.41) is 3.52. The zero-order valence-corrected chi connectivity index (χ0v) is 35.4. The van der Waals surface area contributed by atoms with Crippen LogP contribution in [0.2, 0.25) is 0 Å². The number of carbonyl (C=O) groups excluding carboxylic acids is 2. The summed E-state index contributed by atoms with van der Waals surface area (Å²) in [5.41, 5.74) is 10.3. The van der Waals surface area contributed by atoms with Crippen LogP contribution >= 0.6 is 23.5 Å². The van der Waals surface area contributed by atoms with Crippen LogP contribution in [-0.2, 0) is 33.8 Å². The van der Waals surface area contributed by atoms with E-state index in [1.165, 1.54) is 67.4 Å². The lowest BCUT2D eigenvalue weighted by Gasteiger charge is -2.15. The van der Waals surface area contributed by atoms with Crippen LogP contribution in [0.4, 0.5) is 27.6 Å². The highest BCUT2D eigenvalue weighted by Gasteiger charge is 2.25. The summed E-state index contributed by atoms with van der Waals surface area (Å²) in [6.45, 7) is 0. The Kier molecular flexibility index (Phi) is 16.8. The van der Waals surface area contributed by atoms with Gasteiger partial charge in [-0.1, -0.05) is 65.8 Å². The number of hydrogen-bond donors (Lipinski definition) is 0. The number of carbonyl (C=O) groups is 2. The van der Waals surface area contributed by atoms with Gasteiger partial charge in [0.1, 0.15) is 29.0 Å². The van der Waals surface area contributed by atoms with E-state index in [-0.39, 0.29) is 61.7 Å². The molecule has 0 aromatic heterocycles. The number of hydrogen-bond acceptors (Lipinski definition) is 9. The van der Waals surface area contributed by atoms with E-state index in [9.17, 15) is 27.2 Å². The number of benzene rings is 6. The van der Waals surface area contributed by atoms with Crippen LogP contribution in [0.1, 0.15) is 54.1 Å². The summed E-state index contributed by atoms with van der Waals surface area (Å²) < 4.78 is 93.2. The first-order valence-electron chi connectivity index (χ1n) is 18.5. The highest BCUT2D eigenvalue weighted by Crippen LogP contribution is 2.39. The second kappa shape index (κ2) is 22.4. The number of azide groups is 1. The average Bonchev–Trinajstić information content (AvgIpc) is 3.30. The van der Waals surface area contributed by atoms with Crippen molar-refractivity contribution in [3.63, 3.8) is 0 Å². The molecule has 6 rings (SSSR count). The number of nitrogens with zero attached hydrogens (tertiary/aromatic N) is 3. The number of thioether (sulfide) groups is 2. The Morgan fingerprint density at radius 3 is 1.42 bits per heavy atom. The third-order valence-electron chi connectivity index (χ3n) is 9.29. The van der Waals surface area contributed by atoms with Gasteiger partial charge in [-0.25, -0.2) is 31.5 Å². The number of rotatable bonds is 15. The van der Waals surface area contributed by atoms with E-state index in [0.29, 0.717) is 23.0 Å². The van der Waals surface area contributed by atoms with Gasteiger partial charge in [-0.3, -0.25) is 0 Å². The third kappa shape index (κ3) is 11.7. The molecule has 0 N–H and O–H groups in total. The van der Waals surface area contributed by atoms with E-state index in [1.807, 2.05) is 24.3 Å². The van der Waals surface area contributed by atoms with E-state index in [0.717, 1.165) is 30.0 Å². The monoisotopic (exact) mass is 887 g/mol. The number of esters is 2. The maximum absolute atomic E-state index is 15.5. The lowest BCUT2D eigenvalue weighted by molar-refractivity contribution is 0.0589. The molecule has 0 fully saturated rings. The Morgan fingerprint density at radius 2 is 1.00 bits per heavy atom. The van der Waals surface area contributed by atoms with Gasteiger partial charge in [-0.05, 0) is 76.3 Å². The van der Waals surface area contributed by atoms with Crippen LogP contribution in [-0.4, -0.2) is 40.4 Å². The SMILES string of the molecule is COC(=O)c1cc(SCc2ccc(OC)cc2)c(F)c(F)c1Cc1ccccc1F.COC(=O)c1cc(SCc2ccc(OC)cc2)c(N=[N+]=[N-])c(F)c1Cc1ccccc1F. The van der Waals surface area contributed by atoms with Crippen LogP contribution < -0.4 is 9.47 Å². The molecular formula is C46H38F5N3O6S2. The normalized spacial score (nSPS) is 10.5. The molecule has 0 aliphatic heterocycles. The van der Waals surface area contributed by atoms with Gasteiger partial charge in [0, 0.05) is 50.2 Å². The van der Waals surface area contributed by atoms with Crippen LogP contribution in [0.25, 0.3) is 10.4 Å². The second-order valence-corrected chi connectivity index (χ2v) is 15.1. The van der Waals surface area contributed by atoms with Crippen LogP contribution in [0.15, 0.2) is 124 Å². The van der Waals surface area contributed by atoms with Crippen LogP contribution in [0, 0.1) is 29.1 Å². The molecule has 6 aromatic rings. The van der Waals surface area contributed by atoms with Gasteiger partial charge in [0.05, 0.1) is 45.3 Å². The van der Waals surface area contributed by atoms with Crippen molar-refractivity contribution in [2.45, 2.75) is 34.1 Å². The van der Waals surface area contributed by atoms with Crippen LogP contribution in [0.3, 0.4) is 0 Å². The molecule has 6 aromatic carbocycles. The Bertz CT molecular complexity index is 2590.